The van der Waals surface area contributed by atoms with E-state index in [-0.39, 0.29) is 0 Å². The van der Waals surface area contributed by atoms with E-state index in [9.17, 15) is 0 Å². The maximum Gasteiger partial charge on any atom is 0.0642 e. The number of fused-ring (bicyclic) bond motifs is 12. The fourth-order valence-electron chi connectivity index (χ4n) is 13.7. The molecule has 0 aliphatic rings. The quantitative estimate of drug-likeness (QED) is 0.136. The van der Waals surface area contributed by atoms with Gasteiger partial charge >= 0.3 is 0 Å². The topological polar surface area (TPSA) is 15.3 Å². The van der Waals surface area contributed by atoms with E-state index in [1.54, 1.807) is 0 Å². The van der Waals surface area contributed by atoms with Crippen LogP contribution in [-0.4, -0.2) is 8.80 Å². The van der Waals surface area contributed by atoms with Gasteiger partial charge in [0, 0.05) is 77.0 Å². The molecule has 17 rings (SSSR count). The van der Waals surface area contributed by atoms with Crippen LogP contribution >= 0.6 is 0 Å². The second-order valence-corrected chi connectivity index (χ2v) is 21.5. The fourth-order valence-corrected chi connectivity index (χ4v) is 13.7. The number of hydrogen-bond donors (Lipinski definition) is 0. The van der Waals surface area contributed by atoms with Crippen molar-refractivity contribution in [3.8, 4) is 44.5 Å². The Morgan fingerprint density at radius 1 is 0.195 bits per heavy atom. The number of para-hydroxylation sites is 4. The van der Waals surface area contributed by atoms with Crippen molar-refractivity contribution in [2.24, 2.45) is 0 Å². The van der Waals surface area contributed by atoms with Gasteiger partial charge in [-0.3, -0.25) is 0 Å². The minimum Gasteiger partial charge on any atom is -0.310 e. The predicted molar refractivity (Wildman–Crippen MR) is 347 cm³/mol. The number of benzene rings is 13. The van der Waals surface area contributed by atoms with Gasteiger partial charge in [-0.05, 0) is 106 Å². The third-order valence-corrected chi connectivity index (χ3v) is 17.1. The standard InChI is InChI=1S/C78H50N4/c1-7-23-51(24-8-1)53-39-43-59(44-40-53)79(57-31-15-5-16-32-57)67-49-47-63-73-69(55-27-11-3-12-28-55)78-74(70(56-29-13-4-14-30-56)77(73)81-65-37-21-19-35-61(65)71(67)75(63)81)64-48-50-68(72-62-36-20-22-38-66(62)82(78)76(64)72)80(58-33-17-6-18-34-58)60-45-41-54(42-46-60)52-25-9-2-10-26-52/h1-50H. The van der Waals surface area contributed by atoms with Gasteiger partial charge < -0.3 is 18.6 Å². The van der Waals surface area contributed by atoms with Gasteiger partial charge in [-0.2, -0.15) is 0 Å². The second-order valence-electron chi connectivity index (χ2n) is 21.5. The molecule has 0 aliphatic carbocycles. The number of anilines is 6. The Morgan fingerprint density at radius 2 is 0.488 bits per heavy atom. The van der Waals surface area contributed by atoms with Crippen LogP contribution in [0, 0.1) is 0 Å². The van der Waals surface area contributed by atoms with Gasteiger partial charge in [0.2, 0.25) is 0 Å². The van der Waals surface area contributed by atoms with E-state index < -0.39 is 0 Å². The third kappa shape index (κ3) is 6.79. The van der Waals surface area contributed by atoms with Crippen LogP contribution in [0.1, 0.15) is 0 Å². The van der Waals surface area contributed by atoms with Crippen molar-refractivity contribution < 1.29 is 0 Å². The van der Waals surface area contributed by atoms with Crippen LogP contribution in [0.3, 0.4) is 0 Å². The summed E-state index contributed by atoms with van der Waals surface area (Å²) in [5, 5.41) is 9.77. The molecule has 0 N–H and O–H groups in total. The zero-order chi connectivity index (χ0) is 53.8. The smallest absolute Gasteiger partial charge is 0.0642 e. The average Bonchev–Trinajstić information content (AvgIpc) is 1.66. The van der Waals surface area contributed by atoms with Gasteiger partial charge in [-0.15, -0.1) is 0 Å². The Hall–Kier alpha value is -10.9. The first kappa shape index (κ1) is 46.0. The first-order chi connectivity index (χ1) is 40.8. The summed E-state index contributed by atoms with van der Waals surface area (Å²) in [4.78, 5) is 4.91. The summed E-state index contributed by atoms with van der Waals surface area (Å²) in [6, 6.07) is 111. The van der Waals surface area contributed by atoms with Crippen molar-refractivity contribution in [3.05, 3.63) is 303 Å². The van der Waals surface area contributed by atoms with Crippen molar-refractivity contribution in [1.82, 2.24) is 8.80 Å². The van der Waals surface area contributed by atoms with Crippen molar-refractivity contribution in [2.45, 2.75) is 0 Å². The molecule has 13 aromatic carbocycles. The van der Waals surface area contributed by atoms with E-state index in [0.29, 0.717) is 0 Å². The molecule has 0 atom stereocenters. The van der Waals surface area contributed by atoms with Crippen LogP contribution in [0.2, 0.25) is 0 Å². The molecule has 0 radical (unpaired) electrons. The second kappa shape index (κ2) is 18.3. The molecule has 4 nitrogen and oxygen atoms in total. The molecular weight excluding hydrogens is 993 g/mol. The molecule has 0 bridgehead atoms. The summed E-state index contributed by atoms with van der Waals surface area (Å²) in [5.74, 6) is 0. The molecule has 382 valence electrons. The van der Waals surface area contributed by atoms with Crippen LogP contribution in [-0.2, 0) is 0 Å². The lowest BCUT2D eigenvalue weighted by Gasteiger charge is -2.27. The highest BCUT2D eigenvalue weighted by atomic mass is 15.2. The molecule has 0 unspecified atom stereocenters. The summed E-state index contributed by atoms with van der Waals surface area (Å²) in [6.45, 7) is 0. The lowest BCUT2D eigenvalue weighted by atomic mass is 9.89. The zero-order valence-electron chi connectivity index (χ0n) is 44.7. The monoisotopic (exact) mass is 1040 g/mol. The Labute approximate surface area is 474 Å². The molecular formula is C78H50N4. The van der Waals surface area contributed by atoms with E-state index in [1.807, 2.05) is 0 Å². The highest BCUT2D eigenvalue weighted by Gasteiger charge is 2.33. The minimum absolute atomic E-state index is 1.09. The number of aromatic nitrogens is 2. The maximum absolute atomic E-state index is 2.63. The molecule has 0 amide bonds. The molecule has 4 aromatic heterocycles. The lowest BCUT2D eigenvalue weighted by Crippen LogP contribution is -2.10. The van der Waals surface area contributed by atoms with Crippen LogP contribution < -0.4 is 9.80 Å². The predicted octanol–water partition coefficient (Wildman–Crippen LogP) is 21.6. The Bertz CT molecular complexity index is 4880. The van der Waals surface area contributed by atoms with Gasteiger partial charge in [0.15, 0.2) is 0 Å². The Kier molecular flexibility index (Phi) is 10.3. The summed E-state index contributed by atoms with van der Waals surface area (Å²) in [5.41, 5.74) is 23.4. The van der Waals surface area contributed by atoms with E-state index in [1.165, 1.54) is 121 Å². The van der Waals surface area contributed by atoms with Gasteiger partial charge in [-0.1, -0.05) is 231 Å². The molecule has 17 aromatic rings. The molecule has 0 saturated carbocycles. The van der Waals surface area contributed by atoms with Crippen molar-refractivity contribution in [2.75, 3.05) is 9.80 Å². The molecule has 4 heterocycles. The van der Waals surface area contributed by atoms with Gasteiger partial charge in [-0.25, -0.2) is 0 Å². The van der Waals surface area contributed by atoms with E-state index >= 15 is 0 Å². The molecule has 4 heteroatoms. The zero-order valence-corrected chi connectivity index (χ0v) is 44.7. The largest absolute Gasteiger partial charge is 0.310 e. The van der Waals surface area contributed by atoms with Crippen LogP contribution in [0.5, 0.6) is 0 Å². The summed E-state index contributed by atoms with van der Waals surface area (Å²) < 4.78 is 5.26. The summed E-state index contributed by atoms with van der Waals surface area (Å²) >= 11 is 0. The summed E-state index contributed by atoms with van der Waals surface area (Å²) in [6.07, 6.45) is 0. The van der Waals surface area contributed by atoms with E-state index in [4.69, 9.17) is 0 Å². The van der Waals surface area contributed by atoms with Crippen molar-refractivity contribution in [1.29, 1.82) is 0 Å². The highest BCUT2D eigenvalue weighted by molar-refractivity contribution is 6.39. The van der Waals surface area contributed by atoms with Gasteiger partial charge in [0.25, 0.3) is 0 Å². The van der Waals surface area contributed by atoms with Crippen molar-refractivity contribution in [3.63, 3.8) is 0 Å². The van der Waals surface area contributed by atoms with E-state index in [0.717, 1.165) is 34.1 Å². The fraction of sp³-hybridized carbons (Fsp3) is 0. The first-order valence-electron chi connectivity index (χ1n) is 28.3. The van der Waals surface area contributed by atoms with Gasteiger partial charge in [0.05, 0.1) is 44.5 Å². The normalized spacial score (nSPS) is 11.9. The Morgan fingerprint density at radius 3 is 0.854 bits per heavy atom. The molecule has 0 aliphatic heterocycles. The number of nitrogens with zero attached hydrogens (tertiary/aromatic N) is 4. The molecule has 0 fully saturated rings. The minimum atomic E-state index is 1.09. The molecule has 0 spiro atoms. The van der Waals surface area contributed by atoms with Crippen molar-refractivity contribution >= 4 is 110 Å². The molecule has 82 heavy (non-hydrogen) atoms. The van der Waals surface area contributed by atoms with Crippen LogP contribution in [0.25, 0.3) is 121 Å². The molecule has 0 saturated heterocycles. The number of rotatable bonds is 10. The maximum atomic E-state index is 2.63. The SMILES string of the molecule is c1ccc(-c2ccc(N(c3ccccc3)c3ccc4c5c(-c6ccccc6)c6c(c(-c7ccccc7)c5n5c7ccccc7c3c45)c3ccc(N(c4ccccc4)c4ccc(-c5ccccc5)cc4)c4c5ccccc5n6c34)cc2)cc1. The average molecular weight is 1040 g/mol. The van der Waals surface area contributed by atoms with Crippen LogP contribution in [0.4, 0.5) is 34.1 Å². The number of hydrogen-bond acceptors (Lipinski definition) is 2. The third-order valence-electron chi connectivity index (χ3n) is 17.1. The van der Waals surface area contributed by atoms with Crippen LogP contribution in [0.15, 0.2) is 303 Å². The lowest BCUT2D eigenvalue weighted by molar-refractivity contribution is 1.30. The van der Waals surface area contributed by atoms with Gasteiger partial charge in [0.1, 0.15) is 0 Å². The first-order valence-corrected chi connectivity index (χ1v) is 28.3. The summed E-state index contributed by atoms with van der Waals surface area (Å²) in [7, 11) is 0. The highest BCUT2D eigenvalue weighted by Crippen LogP contribution is 2.57. The van der Waals surface area contributed by atoms with E-state index in [2.05, 4.69) is 322 Å². The Balaban J connectivity index is 1.02.